The van der Waals surface area contributed by atoms with Gasteiger partial charge in [-0.3, -0.25) is 20.3 Å². The highest BCUT2D eigenvalue weighted by Crippen LogP contribution is 2.21. The van der Waals surface area contributed by atoms with Crippen LogP contribution in [-0.2, 0) is 6.54 Å². The summed E-state index contributed by atoms with van der Waals surface area (Å²) in [6, 6.07) is 11.6. The number of hydrazine groups is 1. The first-order valence-corrected chi connectivity index (χ1v) is 7.96. The number of aromatic nitrogens is 3. The van der Waals surface area contributed by atoms with Gasteiger partial charge in [-0.05, 0) is 37.3 Å². The summed E-state index contributed by atoms with van der Waals surface area (Å²) in [5, 5.41) is 5.07. The second-order valence-corrected chi connectivity index (χ2v) is 5.62. The van der Waals surface area contributed by atoms with Gasteiger partial charge < -0.3 is 0 Å². The van der Waals surface area contributed by atoms with Gasteiger partial charge in [0.1, 0.15) is 5.69 Å². The summed E-state index contributed by atoms with van der Waals surface area (Å²) in [6.07, 6.45) is 1.28. The summed E-state index contributed by atoms with van der Waals surface area (Å²) in [7, 11) is 0. The molecule has 0 aliphatic heterocycles. The number of pyridine rings is 1. The Morgan fingerprint density at radius 1 is 1.24 bits per heavy atom. The molecule has 8 heteroatoms. The van der Waals surface area contributed by atoms with Crippen LogP contribution in [0.4, 0.5) is 10.1 Å². The molecule has 25 heavy (non-hydrogen) atoms. The number of rotatable bonds is 5. The molecule has 0 fully saturated rings. The monoisotopic (exact) mass is 359 g/mol. The lowest BCUT2D eigenvalue weighted by Crippen LogP contribution is -2.31. The number of carbonyl (C=O) groups is 1. The fourth-order valence-electron chi connectivity index (χ4n) is 2.25. The Kier molecular flexibility index (Phi) is 4.95. The minimum atomic E-state index is -0.589. The summed E-state index contributed by atoms with van der Waals surface area (Å²) in [6.45, 7) is 2.43. The number of aryl methyl sites for hydroxylation is 1. The lowest BCUT2D eigenvalue weighted by atomic mass is 10.1. The van der Waals surface area contributed by atoms with E-state index in [2.05, 4.69) is 20.9 Å². The van der Waals surface area contributed by atoms with E-state index in [9.17, 15) is 9.18 Å². The molecule has 6 nitrogen and oxygen atoms in total. The number of amides is 1. The van der Waals surface area contributed by atoms with E-state index in [1.165, 1.54) is 18.3 Å². The van der Waals surface area contributed by atoms with Gasteiger partial charge in [-0.2, -0.15) is 9.49 Å². The van der Waals surface area contributed by atoms with Crippen molar-refractivity contribution in [1.82, 2.24) is 20.2 Å². The van der Waals surface area contributed by atoms with Crippen LogP contribution in [-0.4, -0.2) is 20.7 Å². The molecule has 0 aliphatic rings. The van der Waals surface area contributed by atoms with Gasteiger partial charge in [0.25, 0.3) is 5.91 Å². The van der Waals surface area contributed by atoms with Gasteiger partial charge in [-0.25, -0.2) is 4.98 Å². The van der Waals surface area contributed by atoms with E-state index in [1.807, 2.05) is 19.1 Å². The number of hydrogen-bond donors (Lipinski definition) is 2. The standard InChI is InChI=1S/C17H15ClFN5O/c1-2-24-15(9-14(23-24)11-3-5-12(18)6-4-11)17(25)22-21-13-7-8-16(19)20-10-13/h3-10,21H,2H2,1H3,(H,22,25). The van der Waals surface area contributed by atoms with Crippen molar-refractivity contribution in [1.29, 1.82) is 0 Å². The topological polar surface area (TPSA) is 71.8 Å². The van der Waals surface area contributed by atoms with E-state index in [1.54, 1.807) is 22.9 Å². The Bertz CT molecular complexity index is 877. The molecule has 3 aromatic rings. The van der Waals surface area contributed by atoms with Gasteiger partial charge in [-0.15, -0.1) is 0 Å². The fourth-order valence-corrected chi connectivity index (χ4v) is 2.37. The molecule has 0 saturated heterocycles. The summed E-state index contributed by atoms with van der Waals surface area (Å²) in [5.74, 6) is -0.951. The first-order chi connectivity index (χ1) is 12.1. The van der Waals surface area contributed by atoms with E-state index in [-0.39, 0.29) is 5.91 Å². The number of nitrogens with zero attached hydrogens (tertiary/aromatic N) is 3. The van der Waals surface area contributed by atoms with Gasteiger partial charge in [0.05, 0.1) is 17.6 Å². The molecule has 0 spiro atoms. The smallest absolute Gasteiger partial charge is 0.287 e. The number of anilines is 1. The summed E-state index contributed by atoms with van der Waals surface area (Å²) in [4.78, 5) is 15.9. The third-order valence-electron chi connectivity index (χ3n) is 3.50. The third kappa shape index (κ3) is 3.95. The van der Waals surface area contributed by atoms with E-state index in [0.29, 0.717) is 28.6 Å². The quantitative estimate of drug-likeness (QED) is 0.540. The fraction of sp³-hybridized carbons (Fsp3) is 0.118. The molecule has 0 atom stereocenters. The molecule has 0 radical (unpaired) electrons. The molecule has 2 N–H and O–H groups in total. The van der Waals surface area contributed by atoms with Crippen molar-refractivity contribution in [3.8, 4) is 11.3 Å². The van der Waals surface area contributed by atoms with E-state index in [0.717, 1.165) is 5.56 Å². The molecule has 2 heterocycles. The van der Waals surface area contributed by atoms with Gasteiger partial charge >= 0.3 is 0 Å². The number of benzene rings is 1. The Morgan fingerprint density at radius 2 is 2.00 bits per heavy atom. The Hall–Kier alpha value is -2.93. The minimum absolute atomic E-state index is 0.362. The van der Waals surface area contributed by atoms with Crippen LogP contribution in [0.5, 0.6) is 0 Å². The lowest BCUT2D eigenvalue weighted by Gasteiger charge is -2.08. The second kappa shape index (κ2) is 7.31. The van der Waals surface area contributed by atoms with Crippen molar-refractivity contribution in [2.75, 3.05) is 5.43 Å². The van der Waals surface area contributed by atoms with Crippen molar-refractivity contribution in [3.05, 3.63) is 65.3 Å². The highest BCUT2D eigenvalue weighted by Gasteiger charge is 2.15. The van der Waals surface area contributed by atoms with Crippen molar-refractivity contribution < 1.29 is 9.18 Å². The van der Waals surface area contributed by atoms with E-state index in [4.69, 9.17) is 11.6 Å². The Balaban J connectivity index is 1.77. The zero-order valence-electron chi connectivity index (χ0n) is 13.3. The number of halogens is 2. The molecular formula is C17H15ClFN5O. The molecule has 2 aromatic heterocycles. The van der Waals surface area contributed by atoms with Crippen molar-refractivity contribution in [2.45, 2.75) is 13.5 Å². The van der Waals surface area contributed by atoms with Crippen LogP contribution >= 0.6 is 11.6 Å². The Morgan fingerprint density at radius 3 is 2.64 bits per heavy atom. The molecule has 128 valence electrons. The molecular weight excluding hydrogens is 345 g/mol. The van der Waals surface area contributed by atoms with Crippen LogP contribution in [0.15, 0.2) is 48.7 Å². The van der Waals surface area contributed by atoms with Crippen LogP contribution in [0.3, 0.4) is 0 Å². The van der Waals surface area contributed by atoms with Crippen molar-refractivity contribution >= 4 is 23.2 Å². The van der Waals surface area contributed by atoms with Gasteiger partial charge in [0, 0.05) is 17.1 Å². The lowest BCUT2D eigenvalue weighted by molar-refractivity contribution is 0.0952. The largest absolute Gasteiger partial charge is 0.297 e. The maximum absolute atomic E-state index is 12.8. The predicted molar refractivity (Wildman–Crippen MR) is 93.6 cm³/mol. The first kappa shape index (κ1) is 16.9. The number of nitrogens with one attached hydrogen (secondary N) is 2. The zero-order chi connectivity index (χ0) is 17.8. The highest BCUT2D eigenvalue weighted by atomic mass is 35.5. The van der Waals surface area contributed by atoms with Crippen LogP contribution in [0.25, 0.3) is 11.3 Å². The summed E-state index contributed by atoms with van der Waals surface area (Å²) >= 11 is 5.90. The van der Waals surface area contributed by atoms with Crippen molar-refractivity contribution in [3.63, 3.8) is 0 Å². The van der Waals surface area contributed by atoms with E-state index >= 15 is 0 Å². The van der Waals surface area contributed by atoms with Crippen molar-refractivity contribution in [2.24, 2.45) is 0 Å². The van der Waals surface area contributed by atoms with Crippen LogP contribution < -0.4 is 10.9 Å². The summed E-state index contributed by atoms with van der Waals surface area (Å²) in [5.41, 5.74) is 7.64. The van der Waals surface area contributed by atoms with Crippen LogP contribution in [0, 0.1) is 5.95 Å². The van der Waals surface area contributed by atoms with Crippen LogP contribution in [0.2, 0.25) is 5.02 Å². The molecule has 1 aromatic carbocycles. The molecule has 0 aliphatic carbocycles. The Labute approximate surface area is 148 Å². The van der Waals surface area contributed by atoms with Gasteiger partial charge in [-0.1, -0.05) is 23.7 Å². The average Bonchev–Trinajstić information content (AvgIpc) is 3.06. The van der Waals surface area contributed by atoms with Gasteiger partial charge in [0.15, 0.2) is 0 Å². The molecule has 3 rings (SSSR count). The number of carbonyl (C=O) groups excluding carboxylic acids is 1. The third-order valence-corrected chi connectivity index (χ3v) is 3.75. The predicted octanol–water partition coefficient (Wildman–Crippen LogP) is 3.51. The molecule has 1 amide bonds. The second-order valence-electron chi connectivity index (χ2n) is 5.19. The molecule has 0 saturated carbocycles. The summed E-state index contributed by atoms with van der Waals surface area (Å²) < 4.78 is 14.4. The van der Waals surface area contributed by atoms with Crippen LogP contribution in [0.1, 0.15) is 17.4 Å². The van der Waals surface area contributed by atoms with Gasteiger partial charge in [0.2, 0.25) is 5.95 Å². The SMILES string of the molecule is CCn1nc(-c2ccc(Cl)cc2)cc1C(=O)NNc1ccc(F)nc1. The maximum Gasteiger partial charge on any atom is 0.287 e. The molecule has 0 bridgehead atoms. The molecule has 0 unspecified atom stereocenters. The minimum Gasteiger partial charge on any atom is -0.297 e. The maximum atomic E-state index is 12.8. The number of hydrogen-bond acceptors (Lipinski definition) is 4. The zero-order valence-corrected chi connectivity index (χ0v) is 14.1. The first-order valence-electron chi connectivity index (χ1n) is 7.58. The van der Waals surface area contributed by atoms with E-state index < -0.39 is 5.95 Å². The normalized spacial score (nSPS) is 10.5. The average molecular weight is 360 g/mol. The highest BCUT2D eigenvalue weighted by molar-refractivity contribution is 6.30.